The number of benzene rings is 2. The highest BCUT2D eigenvalue weighted by atomic mass is 16.5. The monoisotopic (exact) mass is 476 g/mol. The van der Waals surface area contributed by atoms with Gasteiger partial charge in [-0.3, -0.25) is 14.4 Å². The molecule has 3 rings (SSSR count). The number of aromatic nitrogens is 1. The van der Waals surface area contributed by atoms with Gasteiger partial charge in [-0.25, -0.2) is 0 Å². The Morgan fingerprint density at radius 1 is 1.00 bits per heavy atom. The number of amides is 1. The summed E-state index contributed by atoms with van der Waals surface area (Å²) in [5.74, 6) is -0.0966. The Bertz CT molecular complexity index is 1230. The third kappa shape index (κ3) is 6.18. The number of pyridine rings is 1. The first-order valence-corrected chi connectivity index (χ1v) is 11.7. The molecule has 0 aliphatic rings. The van der Waals surface area contributed by atoms with Gasteiger partial charge < -0.3 is 19.4 Å². The quantitative estimate of drug-likeness (QED) is 0.433. The van der Waals surface area contributed by atoms with Gasteiger partial charge in [0.05, 0.1) is 26.7 Å². The van der Waals surface area contributed by atoms with Crippen LogP contribution in [0, 0.1) is 6.92 Å². The molecule has 1 heterocycles. The lowest BCUT2D eigenvalue weighted by molar-refractivity contribution is -0.141. The van der Waals surface area contributed by atoms with Gasteiger partial charge in [-0.2, -0.15) is 0 Å². The second-order valence-corrected chi connectivity index (χ2v) is 8.37. The van der Waals surface area contributed by atoms with Crippen LogP contribution >= 0.6 is 0 Å². The molecule has 2 unspecified atom stereocenters. The lowest BCUT2D eigenvalue weighted by Crippen LogP contribution is -2.39. The molecule has 2 aromatic carbocycles. The Morgan fingerprint density at radius 2 is 1.74 bits per heavy atom. The number of nitrogens with zero attached hydrogens (tertiary/aromatic N) is 1. The van der Waals surface area contributed by atoms with E-state index in [9.17, 15) is 14.4 Å². The molecule has 1 amide bonds. The molecule has 0 radical (unpaired) electrons. The molecule has 2 atom stereocenters. The molecule has 0 aliphatic carbocycles. The first-order chi connectivity index (χ1) is 16.9. The van der Waals surface area contributed by atoms with Crippen LogP contribution in [0.5, 0.6) is 5.75 Å². The zero-order valence-electron chi connectivity index (χ0n) is 20.6. The molecule has 0 saturated heterocycles. The van der Waals surface area contributed by atoms with Crippen LogP contribution in [0.15, 0.2) is 71.7 Å². The summed E-state index contributed by atoms with van der Waals surface area (Å²) in [7, 11) is 2.93. The highest BCUT2D eigenvalue weighted by Gasteiger charge is 2.26. The highest BCUT2D eigenvalue weighted by molar-refractivity contribution is 5.82. The van der Waals surface area contributed by atoms with Gasteiger partial charge in [-0.05, 0) is 48.2 Å². The zero-order valence-corrected chi connectivity index (χ0v) is 20.6. The van der Waals surface area contributed by atoms with Crippen molar-refractivity contribution in [1.29, 1.82) is 0 Å². The fraction of sp³-hybridized carbons (Fsp3) is 0.321. The number of aryl methyl sites for hydroxylation is 1. The minimum absolute atomic E-state index is 0.0513. The average Bonchev–Trinajstić information content (AvgIpc) is 2.87. The lowest BCUT2D eigenvalue weighted by atomic mass is 9.94. The van der Waals surface area contributed by atoms with Crippen LogP contribution < -0.4 is 15.6 Å². The van der Waals surface area contributed by atoms with Crippen LogP contribution in [-0.2, 0) is 14.3 Å². The van der Waals surface area contributed by atoms with Crippen LogP contribution in [0.3, 0.4) is 0 Å². The number of ether oxygens (including phenoxy) is 2. The fourth-order valence-corrected chi connectivity index (χ4v) is 4.17. The van der Waals surface area contributed by atoms with E-state index in [4.69, 9.17) is 9.47 Å². The Labute approximate surface area is 205 Å². The second-order valence-electron chi connectivity index (χ2n) is 8.37. The molecule has 0 aliphatic heterocycles. The molecule has 7 nitrogen and oxygen atoms in total. The summed E-state index contributed by atoms with van der Waals surface area (Å²) in [6.07, 6.45) is 2.75. The van der Waals surface area contributed by atoms with Crippen molar-refractivity contribution in [2.45, 2.75) is 45.2 Å². The number of hydrogen-bond donors (Lipinski definition) is 1. The number of nitrogens with one attached hydrogen (secondary N) is 1. The van der Waals surface area contributed by atoms with Crippen molar-refractivity contribution >= 4 is 11.9 Å². The van der Waals surface area contributed by atoms with Gasteiger partial charge in [0, 0.05) is 17.8 Å². The van der Waals surface area contributed by atoms with Crippen molar-refractivity contribution in [2.75, 3.05) is 14.2 Å². The Kier molecular flexibility index (Phi) is 8.84. The van der Waals surface area contributed by atoms with Crippen molar-refractivity contribution in [1.82, 2.24) is 9.88 Å². The normalized spacial score (nSPS) is 12.5. The predicted molar refractivity (Wildman–Crippen MR) is 135 cm³/mol. The van der Waals surface area contributed by atoms with Crippen LogP contribution in [-0.4, -0.2) is 30.7 Å². The number of esters is 1. The molecule has 0 fully saturated rings. The van der Waals surface area contributed by atoms with E-state index in [0.717, 1.165) is 22.3 Å². The summed E-state index contributed by atoms with van der Waals surface area (Å²) in [6, 6.07) is 17.0. The van der Waals surface area contributed by atoms with Gasteiger partial charge in [0.1, 0.15) is 11.8 Å². The molecular weight excluding hydrogens is 444 g/mol. The average molecular weight is 477 g/mol. The third-order valence-electron chi connectivity index (χ3n) is 6.03. The number of carbonyl (C=O) groups is 2. The summed E-state index contributed by atoms with van der Waals surface area (Å²) in [5.41, 5.74) is 3.41. The van der Waals surface area contributed by atoms with Crippen molar-refractivity contribution in [3.63, 3.8) is 0 Å². The van der Waals surface area contributed by atoms with Gasteiger partial charge in [-0.1, -0.05) is 49.7 Å². The molecule has 0 saturated carbocycles. The Balaban J connectivity index is 2.02. The maximum atomic E-state index is 13.4. The summed E-state index contributed by atoms with van der Waals surface area (Å²) >= 11 is 0. The molecule has 1 aromatic heterocycles. The molecule has 3 aromatic rings. The largest absolute Gasteiger partial charge is 0.496 e. The highest BCUT2D eigenvalue weighted by Crippen LogP contribution is 2.35. The van der Waals surface area contributed by atoms with Crippen molar-refractivity contribution in [2.24, 2.45) is 0 Å². The molecule has 184 valence electrons. The SMILES string of the molecule is CCCC(C(=O)NC(CC(=O)OC)c1ccc(OC)c(-c2ccccc2C)c1)n1ccccc1=O. The Hall–Kier alpha value is -3.87. The van der Waals surface area contributed by atoms with E-state index in [1.165, 1.54) is 17.7 Å². The van der Waals surface area contributed by atoms with E-state index >= 15 is 0 Å². The summed E-state index contributed by atoms with van der Waals surface area (Å²) in [5, 5.41) is 3.00. The van der Waals surface area contributed by atoms with E-state index < -0.39 is 18.1 Å². The van der Waals surface area contributed by atoms with Gasteiger partial charge in [-0.15, -0.1) is 0 Å². The smallest absolute Gasteiger partial charge is 0.307 e. The van der Waals surface area contributed by atoms with Gasteiger partial charge >= 0.3 is 5.97 Å². The first-order valence-electron chi connectivity index (χ1n) is 11.7. The summed E-state index contributed by atoms with van der Waals surface area (Å²) in [4.78, 5) is 38.1. The second kappa shape index (κ2) is 12.0. The molecule has 35 heavy (non-hydrogen) atoms. The number of rotatable bonds is 10. The van der Waals surface area contributed by atoms with E-state index in [1.807, 2.05) is 56.3 Å². The summed E-state index contributed by atoms with van der Waals surface area (Å²) in [6.45, 7) is 3.97. The van der Waals surface area contributed by atoms with Crippen LogP contribution in [0.4, 0.5) is 0 Å². The molecule has 0 bridgehead atoms. The standard InChI is InChI=1S/C28H32N2O5/c1-5-10-24(30-16-9-8-13-26(30)31)28(33)29-23(18-27(32)35-4)20-14-15-25(34-3)22(17-20)21-12-7-6-11-19(21)2/h6-9,11-17,23-24H,5,10,18H2,1-4H3,(H,29,33). The van der Waals surface area contributed by atoms with Crippen molar-refractivity contribution < 1.29 is 19.1 Å². The van der Waals surface area contributed by atoms with E-state index in [1.54, 1.807) is 25.4 Å². The van der Waals surface area contributed by atoms with E-state index in [2.05, 4.69) is 5.32 Å². The van der Waals surface area contributed by atoms with Crippen LogP contribution in [0.2, 0.25) is 0 Å². The van der Waals surface area contributed by atoms with Crippen molar-refractivity contribution in [3.05, 3.63) is 88.3 Å². The first kappa shape index (κ1) is 25.7. The molecule has 1 N–H and O–H groups in total. The van der Waals surface area contributed by atoms with Gasteiger partial charge in [0.25, 0.3) is 5.56 Å². The number of hydrogen-bond acceptors (Lipinski definition) is 5. The van der Waals surface area contributed by atoms with Gasteiger partial charge in [0.15, 0.2) is 0 Å². The van der Waals surface area contributed by atoms with E-state index in [0.29, 0.717) is 18.6 Å². The molecule has 0 spiro atoms. The minimum atomic E-state index is -0.692. The topological polar surface area (TPSA) is 86.6 Å². The molecule has 7 heteroatoms. The maximum Gasteiger partial charge on any atom is 0.307 e. The maximum absolute atomic E-state index is 13.4. The number of carbonyl (C=O) groups excluding carboxylic acids is 2. The predicted octanol–water partition coefficient (Wildman–Crippen LogP) is 4.59. The van der Waals surface area contributed by atoms with Crippen molar-refractivity contribution in [3.8, 4) is 16.9 Å². The lowest BCUT2D eigenvalue weighted by Gasteiger charge is -2.24. The molecular formula is C28H32N2O5. The van der Waals surface area contributed by atoms with Gasteiger partial charge in [0.2, 0.25) is 5.91 Å². The van der Waals surface area contributed by atoms with E-state index in [-0.39, 0.29) is 17.9 Å². The minimum Gasteiger partial charge on any atom is -0.496 e. The Morgan fingerprint density at radius 3 is 2.40 bits per heavy atom. The zero-order chi connectivity index (χ0) is 25.4. The summed E-state index contributed by atoms with van der Waals surface area (Å²) < 4.78 is 11.9. The number of methoxy groups -OCH3 is 2. The third-order valence-corrected chi connectivity index (χ3v) is 6.03. The fourth-order valence-electron chi connectivity index (χ4n) is 4.17. The van der Waals surface area contributed by atoms with Crippen LogP contribution in [0.25, 0.3) is 11.1 Å². The van der Waals surface area contributed by atoms with Crippen LogP contribution in [0.1, 0.15) is 49.4 Å².